The summed E-state index contributed by atoms with van der Waals surface area (Å²) in [6.07, 6.45) is 3.02. The van der Waals surface area contributed by atoms with E-state index in [1.807, 2.05) is 0 Å². The number of nitrogen functional groups attached to an aromatic ring is 1. The standard InChI is InChI=1S/C19H34N8O/c1-4-5-7-21-18-23-16(20)15-17(24-18)27(19(28)22-15)9-6-8-25-10-12-26(13-11-25)14(2)3/h14H,4-13H2,1-3H3,(H,22,28)(H3,20,21,23,24). The number of H-pyrrole nitrogens is 1. The highest BCUT2D eigenvalue weighted by Crippen LogP contribution is 2.17. The first-order valence-corrected chi connectivity index (χ1v) is 10.5. The van der Waals surface area contributed by atoms with Gasteiger partial charge in [-0.3, -0.25) is 9.47 Å². The molecule has 1 saturated heterocycles. The summed E-state index contributed by atoms with van der Waals surface area (Å²) in [5.74, 6) is 0.792. The Morgan fingerprint density at radius 1 is 1.14 bits per heavy atom. The molecule has 3 heterocycles. The third-order valence-electron chi connectivity index (χ3n) is 5.46. The van der Waals surface area contributed by atoms with Gasteiger partial charge in [0.1, 0.15) is 5.52 Å². The van der Waals surface area contributed by atoms with Crippen molar-refractivity contribution in [3.8, 4) is 0 Å². The summed E-state index contributed by atoms with van der Waals surface area (Å²) in [5.41, 5.74) is 6.97. The maximum atomic E-state index is 12.4. The van der Waals surface area contributed by atoms with E-state index in [1.54, 1.807) is 4.57 Å². The lowest BCUT2D eigenvalue weighted by Gasteiger charge is -2.36. The number of nitrogens with zero attached hydrogens (tertiary/aromatic N) is 5. The molecule has 1 aliphatic rings. The Bertz CT molecular complexity index is 819. The zero-order valence-electron chi connectivity index (χ0n) is 17.4. The molecule has 0 bridgehead atoms. The van der Waals surface area contributed by atoms with Crippen LogP contribution in [0.2, 0.25) is 0 Å². The normalized spacial score (nSPS) is 16.3. The average molecular weight is 391 g/mol. The van der Waals surface area contributed by atoms with Crippen LogP contribution in [0.1, 0.15) is 40.0 Å². The predicted octanol–water partition coefficient (Wildman–Crippen LogP) is 1.33. The molecule has 4 N–H and O–H groups in total. The Balaban J connectivity index is 1.62. The number of nitrogens with one attached hydrogen (secondary N) is 2. The van der Waals surface area contributed by atoms with Gasteiger partial charge in [-0.05, 0) is 33.2 Å². The second-order valence-electron chi connectivity index (χ2n) is 7.82. The summed E-state index contributed by atoms with van der Waals surface area (Å²) in [6.45, 7) is 13.4. The van der Waals surface area contributed by atoms with Crippen LogP contribution in [0.3, 0.4) is 0 Å². The van der Waals surface area contributed by atoms with Gasteiger partial charge >= 0.3 is 5.69 Å². The van der Waals surface area contributed by atoms with Crippen LogP contribution in [0.15, 0.2) is 4.79 Å². The number of rotatable bonds is 9. The van der Waals surface area contributed by atoms with Crippen molar-refractivity contribution in [3.63, 3.8) is 0 Å². The van der Waals surface area contributed by atoms with E-state index in [0.29, 0.717) is 35.5 Å². The number of fused-ring (bicyclic) bond motifs is 1. The van der Waals surface area contributed by atoms with Gasteiger partial charge in [0.15, 0.2) is 11.5 Å². The second-order valence-corrected chi connectivity index (χ2v) is 7.82. The van der Waals surface area contributed by atoms with Crippen molar-refractivity contribution < 1.29 is 0 Å². The van der Waals surface area contributed by atoms with Gasteiger partial charge in [0.05, 0.1) is 0 Å². The Hall–Kier alpha value is -2.13. The number of hydrogen-bond donors (Lipinski definition) is 3. The molecule has 0 spiro atoms. The average Bonchev–Trinajstić information content (AvgIpc) is 2.99. The van der Waals surface area contributed by atoms with E-state index in [4.69, 9.17) is 5.73 Å². The lowest BCUT2D eigenvalue weighted by Crippen LogP contribution is -2.49. The number of aromatic amines is 1. The fourth-order valence-corrected chi connectivity index (χ4v) is 3.67. The van der Waals surface area contributed by atoms with Crippen LogP contribution in [-0.2, 0) is 6.54 Å². The van der Waals surface area contributed by atoms with Gasteiger partial charge in [0.2, 0.25) is 5.95 Å². The van der Waals surface area contributed by atoms with Gasteiger partial charge in [-0.25, -0.2) is 4.79 Å². The van der Waals surface area contributed by atoms with Crippen molar-refractivity contribution in [1.29, 1.82) is 0 Å². The fraction of sp³-hybridized carbons (Fsp3) is 0.737. The summed E-state index contributed by atoms with van der Waals surface area (Å²) in [7, 11) is 0. The van der Waals surface area contributed by atoms with Gasteiger partial charge in [-0.2, -0.15) is 9.97 Å². The van der Waals surface area contributed by atoms with E-state index in [9.17, 15) is 4.79 Å². The number of aromatic nitrogens is 4. The number of imidazole rings is 1. The maximum Gasteiger partial charge on any atom is 0.327 e. The number of piperazine rings is 1. The van der Waals surface area contributed by atoms with E-state index in [1.165, 1.54) is 0 Å². The SMILES string of the molecule is CCCCNc1nc(N)c2[nH]c(=O)n(CCCN3CCN(C(C)C)CC3)c2n1. The minimum Gasteiger partial charge on any atom is -0.382 e. The molecule has 156 valence electrons. The maximum absolute atomic E-state index is 12.4. The predicted molar refractivity (Wildman–Crippen MR) is 114 cm³/mol. The van der Waals surface area contributed by atoms with Crippen molar-refractivity contribution in [2.24, 2.45) is 0 Å². The molecule has 1 fully saturated rings. The first-order chi connectivity index (χ1) is 13.5. The van der Waals surface area contributed by atoms with Crippen molar-refractivity contribution in [3.05, 3.63) is 10.5 Å². The molecule has 0 radical (unpaired) electrons. The number of hydrogen-bond acceptors (Lipinski definition) is 7. The fourth-order valence-electron chi connectivity index (χ4n) is 3.67. The van der Waals surface area contributed by atoms with E-state index in [-0.39, 0.29) is 5.69 Å². The molecule has 28 heavy (non-hydrogen) atoms. The van der Waals surface area contributed by atoms with E-state index < -0.39 is 0 Å². The highest BCUT2D eigenvalue weighted by molar-refractivity contribution is 5.82. The van der Waals surface area contributed by atoms with Gasteiger partial charge < -0.3 is 20.9 Å². The Morgan fingerprint density at radius 2 is 1.89 bits per heavy atom. The summed E-state index contributed by atoms with van der Waals surface area (Å²) < 4.78 is 1.68. The molecule has 0 unspecified atom stereocenters. The van der Waals surface area contributed by atoms with Crippen molar-refractivity contribution in [2.45, 2.75) is 52.6 Å². The number of aryl methyl sites for hydroxylation is 1. The third kappa shape index (κ3) is 4.82. The molecular formula is C19H34N8O. The monoisotopic (exact) mass is 390 g/mol. The van der Waals surface area contributed by atoms with E-state index in [2.05, 4.69) is 50.8 Å². The molecule has 3 rings (SSSR count). The number of nitrogens with two attached hydrogens (primary N) is 1. The topological polar surface area (TPSA) is 108 Å². The zero-order valence-corrected chi connectivity index (χ0v) is 17.4. The van der Waals surface area contributed by atoms with Crippen LogP contribution in [-0.4, -0.2) is 74.6 Å². The van der Waals surface area contributed by atoms with Gasteiger partial charge in [-0.1, -0.05) is 13.3 Å². The number of anilines is 2. The smallest absolute Gasteiger partial charge is 0.327 e. The molecular weight excluding hydrogens is 356 g/mol. The van der Waals surface area contributed by atoms with Crippen LogP contribution < -0.4 is 16.7 Å². The highest BCUT2D eigenvalue weighted by atomic mass is 16.1. The summed E-state index contributed by atoms with van der Waals surface area (Å²) in [4.78, 5) is 29.0. The largest absolute Gasteiger partial charge is 0.382 e. The van der Waals surface area contributed by atoms with Crippen molar-refractivity contribution in [2.75, 3.05) is 50.3 Å². The first kappa shape index (κ1) is 20.6. The zero-order chi connectivity index (χ0) is 20.1. The molecule has 0 amide bonds. The lowest BCUT2D eigenvalue weighted by molar-refractivity contribution is 0.107. The van der Waals surface area contributed by atoms with Crippen LogP contribution in [0.4, 0.5) is 11.8 Å². The van der Waals surface area contributed by atoms with E-state index >= 15 is 0 Å². The third-order valence-corrected chi connectivity index (χ3v) is 5.46. The molecule has 0 saturated carbocycles. The lowest BCUT2D eigenvalue weighted by atomic mass is 10.2. The Morgan fingerprint density at radius 3 is 2.57 bits per heavy atom. The number of unbranched alkanes of at least 4 members (excludes halogenated alkanes) is 1. The highest BCUT2D eigenvalue weighted by Gasteiger charge is 2.19. The van der Waals surface area contributed by atoms with Crippen molar-refractivity contribution >= 4 is 22.9 Å². The second kappa shape index (κ2) is 9.38. The first-order valence-electron chi connectivity index (χ1n) is 10.5. The quantitative estimate of drug-likeness (QED) is 0.554. The molecule has 0 aliphatic carbocycles. The molecule has 2 aromatic heterocycles. The molecule has 1 aliphatic heterocycles. The molecule has 9 heteroatoms. The Kier molecular flexibility index (Phi) is 6.90. The van der Waals surface area contributed by atoms with Gasteiger partial charge in [0, 0.05) is 45.3 Å². The van der Waals surface area contributed by atoms with Gasteiger partial charge in [-0.15, -0.1) is 0 Å². The van der Waals surface area contributed by atoms with Crippen LogP contribution in [0, 0.1) is 0 Å². The molecule has 0 atom stereocenters. The summed E-state index contributed by atoms with van der Waals surface area (Å²) in [5, 5.41) is 3.19. The van der Waals surface area contributed by atoms with E-state index in [0.717, 1.165) is 58.5 Å². The molecule has 9 nitrogen and oxygen atoms in total. The summed E-state index contributed by atoms with van der Waals surface area (Å²) in [6, 6.07) is 0.609. The summed E-state index contributed by atoms with van der Waals surface area (Å²) >= 11 is 0. The Labute approximate surface area is 166 Å². The van der Waals surface area contributed by atoms with Crippen LogP contribution >= 0.6 is 0 Å². The minimum absolute atomic E-state index is 0.175. The van der Waals surface area contributed by atoms with Crippen LogP contribution in [0.25, 0.3) is 11.2 Å². The minimum atomic E-state index is -0.175. The van der Waals surface area contributed by atoms with Gasteiger partial charge in [0.25, 0.3) is 0 Å². The molecule has 2 aromatic rings. The molecule has 0 aromatic carbocycles. The van der Waals surface area contributed by atoms with Crippen molar-refractivity contribution in [1.82, 2.24) is 29.3 Å². The van der Waals surface area contributed by atoms with Crippen LogP contribution in [0.5, 0.6) is 0 Å².